The minimum atomic E-state index is -2.12. The molecule has 0 aromatic heterocycles. The van der Waals surface area contributed by atoms with Crippen LogP contribution in [0.3, 0.4) is 0 Å². The van der Waals surface area contributed by atoms with Crippen molar-refractivity contribution < 1.29 is 8.76 Å². The fourth-order valence-electron chi connectivity index (χ4n) is 0.934. The lowest BCUT2D eigenvalue weighted by Gasteiger charge is -2.05. The molecule has 0 amide bonds. The highest BCUT2D eigenvalue weighted by Crippen LogP contribution is 2.07. The van der Waals surface area contributed by atoms with Crippen LogP contribution in [0.2, 0.25) is 0 Å². The molecular weight excluding hydrogens is 210 g/mol. The van der Waals surface area contributed by atoms with Gasteiger partial charge in [0.15, 0.2) is 0 Å². The van der Waals surface area contributed by atoms with Gasteiger partial charge < -0.3 is 10.3 Å². The van der Waals surface area contributed by atoms with E-state index in [2.05, 4.69) is 0 Å². The van der Waals surface area contributed by atoms with E-state index < -0.39 is 11.1 Å². The lowest BCUT2D eigenvalue weighted by Crippen LogP contribution is -2.02. The van der Waals surface area contributed by atoms with E-state index in [0.29, 0.717) is 11.4 Å². The quantitative estimate of drug-likeness (QED) is 0.768. The van der Waals surface area contributed by atoms with Crippen LogP contribution >= 0.6 is 12.4 Å². The van der Waals surface area contributed by atoms with E-state index in [0.717, 1.165) is 12.0 Å². The number of halogens is 1. The van der Waals surface area contributed by atoms with Crippen molar-refractivity contribution in [1.82, 2.24) is 0 Å². The third-order valence-electron chi connectivity index (χ3n) is 1.55. The van der Waals surface area contributed by atoms with Crippen molar-refractivity contribution in [2.45, 2.75) is 11.3 Å². The molecular formula is C8H11ClNO2S-. The number of nitrogens with two attached hydrogens (primary N) is 1. The summed E-state index contributed by atoms with van der Waals surface area (Å²) in [5, 5.41) is 0. The predicted molar refractivity (Wildman–Crippen MR) is 53.6 cm³/mol. The summed E-state index contributed by atoms with van der Waals surface area (Å²) in [4.78, 5) is 0.316. The van der Waals surface area contributed by atoms with Gasteiger partial charge in [0.1, 0.15) is 0 Å². The Hall–Kier alpha value is -0.420. The largest absolute Gasteiger partial charge is 0.768 e. The molecule has 0 saturated carbocycles. The van der Waals surface area contributed by atoms with Gasteiger partial charge in [0, 0.05) is 4.90 Å². The van der Waals surface area contributed by atoms with Crippen molar-refractivity contribution in [3.05, 3.63) is 29.8 Å². The van der Waals surface area contributed by atoms with Crippen molar-refractivity contribution in [2.24, 2.45) is 5.73 Å². The first-order valence-corrected chi connectivity index (χ1v) is 4.70. The van der Waals surface area contributed by atoms with E-state index in [-0.39, 0.29) is 12.4 Å². The second-order valence-electron chi connectivity index (χ2n) is 2.42. The summed E-state index contributed by atoms with van der Waals surface area (Å²) in [5.41, 5.74) is 6.40. The summed E-state index contributed by atoms with van der Waals surface area (Å²) >= 11 is -2.12. The molecule has 0 aliphatic carbocycles. The number of hydrogen-bond donors (Lipinski definition) is 1. The maximum Gasteiger partial charge on any atom is 0.0248 e. The molecule has 0 radical (unpaired) electrons. The Labute approximate surface area is 86.0 Å². The van der Waals surface area contributed by atoms with Gasteiger partial charge in [0.05, 0.1) is 0 Å². The first kappa shape index (κ1) is 12.6. The third kappa shape index (κ3) is 3.87. The second-order valence-corrected chi connectivity index (χ2v) is 3.36. The molecule has 74 valence electrons. The Bertz CT molecular complexity index is 276. The molecule has 0 saturated heterocycles. The Morgan fingerprint density at radius 3 is 2.23 bits per heavy atom. The smallest absolute Gasteiger partial charge is 0.0248 e. The lowest BCUT2D eigenvalue weighted by molar-refractivity contribution is 0.537. The molecule has 1 unspecified atom stereocenters. The van der Waals surface area contributed by atoms with Crippen molar-refractivity contribution >= 4 is 23.5 Å². The van der Waals surface area contributed by atoms with Crippen molar-refractivity contribution in [1.29, 1.82) is 0 Å². The van der Waals surface area contributed by atoms with Gasteiger partial charge >= 0.3 is 0 Å². The third-order valence-corrected chi connectivity index (χ3v) is 2.21. The molecule has 1 atom stereocenters. The van der Waals surface area contributed by atoms with Crippen molar-refractivity contribution in [3.8, 4) is 0 Å². The normalized spacial score (nSPS) is 11.8. The van der Waals surface area contributed by atoms with E-state index in [9.17, 15) is 8.76 Å². The molecule has 0 aliphatic heterocycles. The first-order valence-electron chi connectivity index (χ1n) is 3.62. The minimum absolute atomic E-state index is 0. The number of hydrogen-bond acceptors (Lipinski definition) is 3. The second kappa shape index (κ2) is 6.10. The average Bonchev–Trinajstić information content (AvgIpc) is 2.06. The molecule has 2 N–H and O–H groups in total. The van der Waals surface area contributed by atoms with Crippen LogP contribution in [0.1, 0.15) is 5.56 Å². The van der Waals surface area contributed by atoms with E-state index >= 15 is 0 Å². The molecule has 0 bridgehead atoms. The summed E-state index contributed by atoms with van der Waals surface area (Å²) in [6, 6.07) is 6.71. The summed E-state index contributed by atoms with van der Waals surface area (Å²) in [5.74, 6) is 0. The first-order chi connectivity index (χ1) is 5.74. The topological polar surface area (TPSA) is 66.2 Å². The fraction of sp³-hybridized carbons (Fsp3) is 0.250. The molecule has 0 fully saturated rings. The van der Waals surface area contributed by atoms with Crippen LogP contribution in [0, 0.1) is 0 Å². The Morgan fingerprint density at radius 1 is 1.31 bits per heavy atom. The highest BCUT2D eigenvalue weighted by Gasteiger charge is 1.92. The summed E-state index contributed by atoms with van der Waals surface area (Å²) in [6.45, 7) is 0.583. The minimum Gasteiger partial charge on any atom is -0.768 e. The van der Waals surface area contributed by atoms with Gasteiger partial charge in [-0.3, -0.25) is 4.21 Å². The van der Waals surface area contributed by atoms with Crippen LogP contribution in [0.5, 0.6) is 0 Å². The zero-order valence-electron chi connectivity index (χ0n) is 6.93. The molecule has 0 heterocycles. The van der Waals surface area contributed by atoms with E-state index in [1.165, 1.54) is 0 Å². The molecule has 0 spiro atoms. The van der Waals surface area contributed by atoms with Crippen molar-refractivity contribution in [2.75, 3.05) is 6.54 Å². The SMILES string of the molecule is Cl.NCCc1ccc(S(=O)[O-])cc1. The molecule has 1 aromatic carbocycles. The van der Waals surface area contributed by atoms with Crippen LogP contribution in [0.4, 0.5) is 0 Å². The highest BCUT2D eigenvalue weighted by atomic mass is 35.5. The predicted octanol–water partition coefficient (Wildman–Crippen LogP) is 0.848. The van der Waals surface area contributed by atoms with Gasteiger partial charge in [0.2, 0.25) is 0 Å². The number of rotatable bonds is 3. The highest BCUT2D eigenvalue weighted by molar-refractivity contribution is 7.79. The lowest BCUT2D eigenvalue weighted by atomic mass is 10.2. The standard InChI is InChI=1S/C8H11NO2S.ClH/c9-6-5-7-1-3-8(4-2-7)12(10)11;/h1-4H,5-6,9H2,(H,10,11);1H/p-1. The fourth-order valence-corrected chi connectivity index (χ4v) is 1.29. The monoisotopic (exact) mass is 220 g/mol. The molecule has 13 heavy (non-hydrogen) atoms. The molecule has 5 heteroatoms. The maximum atomic E-state index is 10.4. The molecule has 0 aliphatic rings. The maximum absolute atomic E-state index is 10.4. The summed E-state index contributed by atoms with van der Waals surface area (Å²) in [7, 11) is 0. The Kier molecular flexibility index (Phi) is 5.90. The summed E-state index contributed by atoms with van der Waals surface area (Å²) < 4.78 is 20.9. The van der Waals surface area contributed by atoms with E-state index in [1.807, 2.05) is 0 Å². The Balaban J connectivity index is 0.00000144. The van der Waals surface area contributed by atoms with Gasteiger partial charge in [0.25, 0.3) is 0 Å². The van der Waals surface area contributed by atoms with Gasteiger partial charge in [-0.15, -0.1) is 12.4 Å². The number of benzene rings is 1. The van der Waals surface area contributed by atoms with Gasteiger partial charge in [-0.05, 0) is 41.7 Å². The van der Waals surface area contributed by atoms with Gasteiger partial charge in [-0.25, -0.2) is 0 Å². The van der Waals surface area contributed by atoms with E-state index in [4.69, 9.17) is 5.73 Å². The van der Waals surface area contributed by atoms with Crippen molar-refractivity contribution in [3.63, 3.8) is 0 Å². The van der Waals surface area contributed by atoms with Crippen LogP contribution in [0.25, 0.3) is 0 Å². The van der Waals surface area contributed by atoms with Gasteiger partial charge in [-0.2, -0.15) is 0 Å². The van der Waals surface area contributed by atoms with E-state index in [1.54, 1.807) is 24.3 Å². The van der Waals surface area contributed by atoms with Crippen LogP contribution in [-0.4, -0.2) is 15.3 Å². The average molecular weight is 221 g/mol. The van der Waals surface area contributed by atoms with Crippen LogP contribution in [-0.2, 0) is 17.5 Å². The van der Waals surface area contributed by atoms with Crippen LogP contribution in [0.15, 0.2) is 29.2 Å². The zero-order valence-corrected chi connectivity index (χ0v) is 8.57. The summed E-state index contributed by atoms with van der Waals surface area (Å²) in [6.07, 6.45) is 0.784. The van der Waals surface area contributed by atoms with Gasteiger partial charge in [-0.1, -0.05) is 12.1 Å². The Morgan fingerprint density at radius 2 is 1.85 bits per heavy atom. The molecule has 1 aromatic rings. The molecule has 3 nitrogen and oxygen atoms in total. The zero-order chi connectivity index (χ0) is 8.97. The van der Waals surface area contributed by atoms with Crippen LogP contribution < -0.4 is 5.73 Å². The molecule has 1 rings (SSSR count).